The maximum Gasteiger partial charge on any atom is 0.119 e. The smallest absolute Gasteiger partial charge is 0.119 e. The third-order valence-electron chi connectivity index (χ3n) is 2.15. The normalized spacial score (nSPS) is 15.6. The largest absolute Gasteiger partial charge is 0.508 e. The van der Waals surface area contributed by atoms with Crippen molar-refractivity contribution in [2.75, 3.05) is 0 Å². The van der Waals surface area contributed by atoms with Gasteiger partial charge in [0.25, 0.3) is 0 Å². The Morgan fingerprint density at radius 3 is 2.25 bits per heavy atom. The van der Waals surface area contributed by atoms with Gasteiger partial charge in [-0.3, -0.25) is 0 Å². The van der Waals surface area contributed by atoms with Gasteiger partial charge in [-0.25, -0.2) is 0 Å². The van der Waals surface area contributed by atoms with Crippen LogP contribution in [0.2, 0.25) is 0 Å². The minimum Gasteiger partial charge on any atom is -0.508 e. The van der Waals surface area contributed by atoms with Gasteiger partial charge >= 0.3 is 0 Å². The summed E-state index contributed by atoms with van der Waals surface area (Å²) in [5.41, 5.74) is 0.799. The molecule has 0 aliphatic carbocycles. The summed E-state index contributed by atoms with van der Waals surface area (Å²) in [6.07, 6.45) is -0.432. The van der Waals surface area contributed by atoms with E-state index in [2.05, 4.69) is 0 Å². The van der Waals surface area contributed by atoms with Crippen LogP contribution < -0.4 is 0 Å². The molecular weight excluding hydrogens is 152 g/mol. The molecule has 2 N–H and O–H groups in total. The van der Waals surface area contributed by atoms with Crippen LogP contribution in [-0.2, 0) is 0 Å². The minimum atomic E-state index is -0.432. The van der Waals surface area contributed by atoms with Crippen LogP contribution in [0.3, 0.4) is 0 Å². The molecule has 0 saturated heterocycles. The van der Waals surface area contributed by atoms with Gasteiger partial charge < -0.3 is 10.2 Å². The van der Waals surface area contributed by atoms with Crippen molar-refractivity contribution in [2.24, 2.45) is 0 Å². The van der Waals surface area contributed by atoms with E-state index >= 15 is 0 Å². The first-order valence-corrected chi connectivity index (χ1v) is 4.09. The van der Waals surface area contributed by atoms with Crippen molar-refractivity contribution in [3.63, 3.8) is 0 Å². The quantitative estimate of drug-likeness (QED) is 0.704. The van der Waals surface area contributed by atoms with E-state index in [0.717, 1.165) is 5.56 Å². The van der Waals surface area contributed by atoms with E-state index in [-0.39, 0.29) is 11.7 Å². The van der Waals surface area contributed by atoms with Crippen LogP contribution in [0.15, 0.2) is 24.3 Å². The zero-order chi connectivity index (χ0) is 9.14. The predicted molar refractivity (Wildman–Crippen MR) is 48.2 cm³/mol. The van der Waals surface area contributed by atoms with Crippen molar-refractivity contribution in [2.45, 2.75) is 25.9 Å². The number of para-hydroxylation sites is 1. The first-order chi connectivity index (χ1) is 5.63. The number of benzene rings is 1. The molecule has 0 spiro atoms. The van der Waals surface area contributed by atoms with Crippen molar-refractivity contribution in [1.29, 1.82) is 0 Å². The molecule has 0 heterocycles. The summed E-state index contributed by atoms with van der Waals surface area (Å²) in [5, 5.41) is 18.7. The van der Waals surface area contributed by atoms with Gasteiger partial charge in [-0.1, -0.05) is 25.1 Å². The number of aliphatic hydroxyl groups excluding tert-OH is 1. The second-order valence-corrected chi connectivity index (χ2v) is 3.09. The topological polar surface area (TPSA) is 40.5 Å². The van der Waals surface area contributed by atoms with E-state index < -0.39 is 6.10 Å². The van der Waals surface area contributed by atoms with E-state index in [1.54, 1.807) is 19.1 Å². The molecule has 0 radical (unpaired) electrons. The highest BCUT2D eigenvalue weighted by atomic mass is 16.3. The van der Waals surface area contributed by atoms with E-state index in [0.29, 0.717) is 0 Å². The van der Waals surface area contributed by atoms with E-state index in [4.69, 9.17) is 0 Å². The summed E-state index contributed by atoms with van der Waals surface area (Å²) in [5.74, 6) is 0.233. The van der Waals surface area contributed by atoms with Crippen molar-refractivity contribution in [1.82, 2.24) is 0 Å². The molecule has 12 heavy (non-hydrogen) atoms. The molecule has 2 nitrogen and oxygen atoms in total. The third kappa shape index (κ3) is 1.77. The lowest BCUT2D eigenvalue weighted by Gasteiger charge is -2.15. The van der Waals surface area contributed by atoms with Gasteiger partial charge in [0.05, 0.1) is 6.10 Å². The fraction of sp³-hybridized carbons (Fsp3) is 0.400. The average molecular weight is 166 g/mol. The fourth-order valence-electron chi connectivity index (χ4n) is 1.13. The molecule has 1 aromatic rings. The van der Waals surface area contributed by atoms with Gasteiger partial charge in [-0.2, -0.15) is 0 Å². The summed E-state index contributed by atoms with van der Waals surface area (Å²) in [6.45, 7) is 3.61. The highest BCUT2D eigenvalue weighted by Crippen LogP contribution is 2.26. The molecule has 1 rings (SSSR count). The number of phenols is 1. The minimum absolute atomic E-state index is 0.0220. The maximum atomic E-state index is 9.42. The van der Waals surface area contributed by atoms with Crippen LogP contribution in [0.25, 0.3) is 0 Å². The summed E-state index contributed by atoms with van der Waals surface area (Å²) in [6, 6.07) is 7.09. The summed E-state index contributed by atoms with van der Waals surface area (Å²) < 4.78 is 0. The van der Waals surface area contributed by atoms with Gasteiger partial charge in [-0.05, 0) is 18.6 Å². The maximum absolute atomic E-state index is 9.42. The Hall–Kier alpha value is -1.02. The SMILES string of the molecule is CC(O)C(C)c1ccccc1O. The highest BCUT2D eigenvalue weighted by molar-refractivity contribution is 5.34. The van der Waals surface area contributed by atoms with Gasteiger partial charge in [0, 0.05) is 5.92 Å². The van der Waals surface area contributed by atoms with Gasteiger partial charge in [0.2, 0.25) is 0 Å². The van der Waals surface area contributed by atoms with Crippen molar-refractivity contribution in [3.8, 4) is 5.75 Å². The zero-order valence-corrected chi connectivity index (χ0v) is 7.36. The molecule has 0 aliphatic rings. The Labute approximate surface area is 72.5 Å². The monoisotopic (exact) mass is 166 g/mol. The number of rotatable bonds is 2. The number of hydrogen-bond acceptors (Lipinski definition) is 2. The molecule has 0 bridgehead atoms. The van der Waals surface area contributed by atoms with Crippen LogP contribution in [0.1, 0.15) is 25.3 Å². The number of phenolic OH excluding ortho intramolecular Hbond substituents is 1. The van der Waals surface area contributed by atoms with E-state index in [1.165, 1.54) is 0 Å². The lowest BCUT2D eigenvalue weighted by molar-refractivity contribution is 0.167. The molecule has 0 aliphatic heterocycles. The van der Waals surface area contributed by atoms with Crippen LogP contribution in [0.5, 0.6) is 5.75 Å². The summed E-state index contributed by atoms with van der Waals surface area (Å²) in [7, 11) is 0. The van der Waals surface area contributed by atoms with Gasteiger partial charge in [-0.15, -0.1) is 0 Å². The highest BCUT2D eigenvalue weighted by Gasteiger charge is 2.13. The van der Waals surface area contributed by atoms with Crippen LogP contribution >= 0.6 is 0 Å². The summed E-state index contributed by atoms with van der Waals surface area (Å²) in [4.78, 5) is 0. The predicted octanol–water partition coefficient (Wildman–Crippen LogP) is 1.88. The van der Waals surface area contributed by atoms with Crippen LogP contribution in [0, 0.1) is 0 Å². The molecule has 2 unspecified atom stereocenters. The second-order valence-electron chi connectivity index (χ2n) is 3.09. The van der Waals surface area contributed by atoms with Crippen LogP contribution in [0.4, 0.5) is 0 Å². The molecule has 2 heteroatoms. The van der Waals surface area contributed by atoms with E-state index in [9.17, 15) is 10.2 Å². The molecule has 0 fully saturated rings. The summed E-state index contributed by atoms with van der Waals surface area (Å²) >= 11 is 0. The zero-order valence-electron chi connectivity index (χ0n) is 7.36. The molecule has 2 atom stereocenters. The van der Waals surface area contributed by atoms with Crippen molar-refractivity contribution in [3.05, 3.63) is 29.8 Å². The first-order valence-electron chi connectivity index (χ1n) is 4.09. The standard InChI is InChI=1S/C10H14O2/c1-7(8(2)11)9-5-3-4-6-10(9)12/h3-8,11-12H,1-2H3. The Kier molecular flexibility index (Phi) is 2.71. The molecule has 0 amide bonds. The molecular formula is C10H14O2. The van der Waals surface area contributed by atoms with Gasteiger partial charge in [0.15, 0.2) is 0 Å². The fourth-order valence-corrected chi connectivity index (χ4v) is 1.13. The van der Waals surface area contributed by atoms with E-state index in [1.807, 2.05) is 19.1 Å². The molecule has 0 aromatic heterocycles. The lowest BCUT2D eigenvalue weighted by Crippen LogP contribution is -2.10. The Morgan fingerprint density at radius 1 is 1.17 bits per heavy atom. The number of aliphatic hydroxyl groups is 1. The third-order valence-corrected chi connectivity index (χ3v) is 2.15. The Morgan fingerprint density at radius 2 is 1.75 bits per heavy atom. The molecule has 0 saturated carbocycles. The Balaban J connectivity index is 2.94. The first kappa shape index (κ1) is 9.07. The Bertz CT molecular complexity index is 256. The number of aromatic hydroxyl groups is 1. The number of hydrogen-bond donors (Lipinski definition) is 2. The average Bonchev–Trinajstić information content (AvgIpc) is 2.04. The van der Waals surface area contributed by atoms with Crippen molar-refractivity contribution < 1.29 is 10.2 Å². The molecule has 1 aromatic carbocycles. The van der Waals surface area contributed by atoms with Crippen LogP contribution in [-0.4, -0.2) is 16.3 Å². The lowest BCUT2D eigenvalue weighted by atomic mass is 9.96. The van der Waals surface area contributed by atoms with Crippen molar-refractivity contribution >= 4 is 0 Å². The van der Waals surface area contributed by atoms with Gasteiger partial charge in [0.1, 0.15) is 5.75 Å². The molecule has 66 valence electrons. The second kappa shape index (κ2) is 3.59.